The van der Waals surface area contributed by atoms with Gasteiger partial charge in [0, 0.05) is 16.5 Å². The highest BCUT2D eigenvalue weighted by atomic mass is 35.5. The van der Waals surface area contributed by atoms with Crippen LogP contribution in [-0.4, -0.2) is 5.91 Å². The summed E-state index contributed by atoms with van der Waals surface area (Å²) in [5.41, 5.74) is 2.06. The number of rotatable bonds is 4. The van der Waals surface area contributed by atoms with Gasteiger partial charge in [-0.3, -0.25) is 4.79 Å². The highest BCUT2D eigenvalue weighted by Crippen LogP contribution is 2.34. The summed E-state index contributed by atoms with van der Waals surface area (Å²) >= 11 is 13.6. The molecule has 2 heterocycles. The van der Waals surface area contributed by atoms with Gasteiger partial charge in [-0.05, 0) is 49.8 Å². The van der Waals surface area contributed by atoms with E-state index in [2.05, 4.69) is 11.4 Å². The van der Waals surface area contributed by atoms with Crippen LogP contribution in [-0.2, 0) is 4.79 Å². The minimum absolute atomic E-state index is 0.341. The number of nitriles is 1. The first kappa shape index (κ1) is 19.2. The molecule has 0 aliphatic rings. The zero-order valence-electron chi connectivity index (χ0n) is 14.5. The van der Waals surface area contributed by atoms with E-state index in [1.54, 1.807) is 36.4 Å². The molecule has 0 aliphatic carbocycles. The third kappa shape index (κ3) is 4.09. The lowest BCUT2D eigenvalue weighted by Crippen LogP contribution is -2.07. The van der Waals surface area contributed by atoms with E-state index in [9.17, 15) is 10.1 Å². The quantitative estimate of drug-likeness (QED) is 0.496. The van der Waals surface area contributed by atoms with E-state index in [1.807, 2.05) is 13.8 Å². The summed E-state index contributed by atoms with van der Waals surface area (Å²) in [4.78, 5) is 13.2. The first-order valence-corrected chi connectivity index (χ1v) is 9.51. The summed E-state index contributed by atoms with van der Waals surface area (Å²) in [7, 11) is 0. The molecule has 2 aromatic heterocycles. The van der Waals surface area contributed by atoms with Gasteiger partial charge in [-0.1, -0.05) is 29.3 Å². The van der Waals surface area contributed by atoms with Gasteiger partial charge in [0.15, 0.2) is 0 Å². The van der Waals surface area contributed by atoms with Crippen LogP contribution in [0.4, 0.5) is 5.00 Å². The molecule has 0 aliphatic heterocycles. The van der Waals surface area contributed by atoms with Crippen molar-refractivity contribution in [3.8, 4) is 17.4 Å². The van der Waals surface area contributed by atoms with Crippen molar-refractivity contribution in [3.63, 3.8) is 0 Å². The minimum Gasteiger partial charge on any atom is -0.457 e. The molecule has 0 fully saturated rings. The van der Waals surface area contributed by atoms with Crippen LogP contribution in [0.3, 0.4) is 0 Å². The zero-order chi connectivity index (χ0) is 19.6. The van der Waals surface area contributed by atoms with E-state index in [0.717, 1.165) is 10.4 Å². The molecule has 0 saturated heterocycles. The second kappa shape index (κ2) is 8.01. The Morgan fingerprint density at radius 2 is 2.04 bits per heavy atom. The molecular formula is C20H14Cl2N2O2S. The van der Waals surface area contributed by atoms with Gasteiger partial charge in [0.25, 0.3) is 0 Å². The SMILES string of the molecule is Cc1sc(NC(=O)C=Cc2ccc(-c3cccc(Cl)c3Cl)o2)c(C#N)c1C. The Morgan fingerprint density at radius 1 is 1.26 bits per heavy atom. The lowest BCUT2D eigenvalue weighted by molar-refractivity contribution is -0.111. The average Bonchev–Trinajstić information content (AvgIpc) is 3.21. The van der Waals surface area contributed by atoms with Crippen LogP contribution in [0.25, 0.3) is 17.4 Å². The Balaban J connectivity index is 1.75. The molecule has 0 saturated carbocycles. The second-order valence-corrected chi connectivity index (χ2v) is 7.74. The predicted molar refractivity (Wildman–Crippen MR) is 110 cm³/mol. The van der Waals surface area contributed by atoms with Crippen LogP contribution in [0.1, 0.15) is 21.8 Å². The molecular weight excluding hydrogens is 403 g/mol. The van der Waals surface area contributed by atoms with E-state index in [1.165, 1.54) is 17.4 Å². The van der Waals surface area contributed by atoms with Gasteiger partial charge in [-0.2, -0.15) is 5.26 Å². The van der Waals surface area contributed by atoms with Crippen molar-refractivity contribution in [2.45, 2.75) is 13.8 Å². The van der Waals surface area contributed by atoms with Gasteiger partial charge in [0.2, 0.25) is 5.91 Å². The smallest absolute Gasteiger partial charge is 0.249 e. The van der Waals surface area contributed by atoms with Crippen LogP contribution in [0, 0.1) is 25.2 Å². The Hall–Kier alpha value is -2.52. The van der Waals surface area contributed by atoms with Crippen LogP contribution < -0.4 is 5.32 Å². The van der Waals surface area contributed by atoms with Crippen molar-refractivity contribution >= 4 is 51.5 Å². The third-order valence-corrected chi connectivity index (χ3v) is 5.92. The van der Waals surface area contributed by atoms with Crippen LogP contribution in [0.15, 0.2) is 40.8 Å². The van der Waals surface area contributed by atoms with E-state index >= 15 is 0 Å². The van der Waals surface area contributed by atoms with Gasteiger partial charge in [-0.15, -0.1) is 11.3 Å². The summed E-state index contributed by atoms with van der Waals surface area (Å²) in [6.45, 7) is 3.78. The molecule has 0 spiro atoms. The molecule has 27 heavy (non-hydrogen) atoms. The van der Waals surface area contributed by atoms with Crippen molar-refractivity contribution in [1.82, 2.24) is 0 Å². The number of halogens is 2. The Morgan fingerprint density at radius 3 is 2.78 bits per heavy atom. The van der Waals surface area contributed by atoms with Gasteiger partial charge in [0.05, 0.1) is 15.6 Å². The maximum atomic E-state index is 12.2. The molecule has 136 valence electrons. The van der Waals surface area contributed by atoms with Crippen molar-refractivity contribution in [2.75, 3.05) is 5.32 Å². The Kier molecular flexibility index (Phi) is 5.71. The Labute approximate surface area is 170 Å². The van der Waals surface area contributed by atoms with Gasteiger partial charge in [-0.25, -0.2) is 0 Å². The zero-order valence-corrected chi connectivity index (χ0v) is 16.8. The monoisotopic (exact) mass is 416 g/mol. The maximum Gasteiger partial charge on any atom is 0.249 e. The molecule has 1 aromatic carbocycles. The third-order valence-electron chi connectivity index (χ3n) is 3.98. The van der Waals surface area contributed by atoms with Crippen molar-refractivity contribution in [1.29, 1.82) is 5.26 Å². The number of nitrogens with zero attached hydrogens (tertiary/aromatic N) is 1. The lowest BCUT2D eigenvalue weighted by atomic mass is 10.2. The number of carbonyl (C=O) groups excluding carboxylic acids is 1. The number of thiophene rings is 1. The summed E-state index contributed by atoms with van der Waals surface area (Å²) in [5, 5.41) is 13.4. The number of furan rings is 1. The summed E-state index contributed by atoms with van der Waals surface area (Å²) < 4.78 is 5.71. The first-order valence-electron chi connectivity index (χ1n) is 7.94. The molecule has 1 amide bonds. The fourth-order valence-corrected chi connectivity index (χ4v) is 3.85. The van der Waals surface area contributed by atoms with E-state index in [0.29, 0.717) is 37.7 Å². The molecule has 0 bridgehead atoms. The van der Waals surface area contributed by atoms with Gasteiger partial charge >= 0.3 is 0 Å². The van der Waals surface area contributed by atoms with E-state index < -0.39 is 0 Å². The van der Waals surface area contributed by atoms with Crippen molar-refractivity contribution in [3.05, 3.63) is 68.2 Å². The fourth-order valence-electron chi connectivity index (χ4n) is 2.44. The summed E-state index contributed by atoms with van der Waals surface area (Å²) in [6.07, 6.45) is 2.91. The van der Waals surface area contributed by atoms with Crippen LogP contribution >= 0.6 is 34.5 Å². The maximum absolute atomic E-state index is 12.2. The molecule has 0 atom stereocenters. The minimum atomic E-state index is -0.341. The van der Waals surface area contributed by atoms with Crippen LogP contribution in [0.2, 0.25) is 10.0 Å². The standard InChI is InChI=1S/C20H14Cl2N2O2S/c1-11-12(2)27-20(15(11)10-23)24-18(25)9-7-13-6-8-17(26-13)14-4-3-5-16(21)19(14)22/h3-9H,1-2H3,(H,24,25). The van der Waals surface area contributed by atoms with Crippen LogP contribution in [0.5, 0.6) is 0 Å². The van der Waals surface area contributed by atoms with Crippen molar-refractivity contribution in [2.24, 2.45) is 0 Å². The summed E-state index contributed by atoms with van der Waals surface area (Å²) in [6, 6.07) is 10.9. The lowest BCUT2D eigenvalue weighted by Gasteiger charge is -2.02. The molecule has 1 N–H and O–H groups in total. The highest BCUT2D eigenvalue weighted by molar-refractivity contribution is 7.16. The molecule has 0 unspecified atom stereocenters. The molecule has 0 radical (unpaired) electrons. The molecule has 7 heteroatoms. The second-order valence-electron chi connectivity index (χ2n) is 5.73. The number of benzene rings is 1. The highest BCUT2D eigenvalue weighted by Gasteiger charge is 2.14. The average molecular weight is 417 g/mol. The topological polar surface area (TPSA) is 66.0 Å². The fraction of sp³-hybridized carbons (Fsp3) is 0.100. The number of carbonyl (C=O) groups is 1. The molecule has 4 nitrogen and oxygen atoms in total. The summed E-state index contributed by atoms with van der Waals surface area (Å²) in [5.74, 6) is 0.709. The number of hydrogen-bond acceptors (Lipinski definition) is 4. The van der Waals surface area contributed by atoms with E-state index in [4.69, 9.17) is 27.6 Å². The van der Waals surface area contributed by atoms with Crippen molar-refractivity contribution < 1.29 is 9.21 Å². The number of nitrogens with one attached hydrogen (secondary N) is 1. The van der Waals surface area contributed by atoms with Gasteiger partial charge in [0.1, 0.15) is 22.6 Å². The normalized spacial score (nSPS) is 10.9. The number of amides is 1. The predicted octanol–water partition coefficient (Wildman–Crippen LogP) is 6.46. The Bertz CT molecular complexity index is 1090. The number of hydrogen-bond donors (Lipinski definition) is 1. The first-order chi connectivity index (χ1) is 12.9. The van der Waals surface area contributed by atoms with E-state index in [-0.39, 0.29) is 5.91 Å². The molecule has 3 rings (SSSR count). The number of anilines is 1. The van der Waals surface area contributed by atoms with Gasteiger partial charge < -0.3 is 9.73 Å². The molecule has 3 aromatic rings. The number of aryl methyl sites for hydroxylation is 1. The largest absolute Gasteiger partial charge is 0.457 e.